The summed E-state index contributed by atoms with van der Waals surface area (Å²) in [6.07, 6.45) is 11.8. The number of hydrogen-bond donors (Lipinski definition) is 2. The molecule has 0 saturated heterocycles. The summed E-state index contributed by atoms with van der Waals surface area (Å²) >= 11 is 0. The second-order valence-electron chi connectivity index (χ2n) is 9.58. The minimum Gasteiger partial charge on any atom is -0.497 e. The molecular formula is C32H33N3O5. The summed E-state index contributed by atoms with van der Waals surface area (Å²) in [6, 6.07) is 20.6. The average Bonchev–Trinajstić information content (AvgIpc) is 3.47. The van der Waals surface area contributed by atoms with Crippen LogP contribution in [-0.2, 0) is 16.6 Å². The number of nitrogens with two attached hydrogens (primary N) is 1. The molecule has 0 aliphatic rings. The highest BCUT2D eigenvalue weighted by Crippen LogP contribution is 2.44. The standard InChI is InChI=1S/C32H33N3O5/c1-39-27-18-16-23(17-19-27)10-7-15-26(14-6-5-9-24-11-8-20-34-21-24)32(31(37)38,25-12-3-2-4-13-25)30-35-28(22-40-30)29(33)36/h2-5,8-9,11-13,16-22,26H,6-7,10,14-15H2,1H3,(H2,33,36)(H,37,38). The molecule has 206 valence electrons. The highest BCUT2D eigenvalue weighted by molar-refractivity contribution is 5.91. The molecule has 2 aromatic carbocycles. The van der Waals surface area contributed by atoms with Crippen LogP contribution in [0.15, 0.2) is 95.9 Å². The second-order valence-corrected chi connectivity index (χ2v) is 9.58. The number of carboxylic acids is 1. The van der Waals surface area contributed by atoms with Crippen molar-refractivity contribution in [1.29, 1.82) is 0 Å². The zero-order valence-corrected chi connectivity index (χ0v) is 22.4. The summed E-state index contributed by atoms with van der Waals surface area (Å²) < 4.78 is 11.0. The van der Waals surface area contributed by atoms with E-state index in [4.69, 9.17) is 14.9 Å². The van der Waals surface area contributed by atoms with Crippen LogP contribution in [0.5, 0.6) is 5.75 Å². The summed E-state index contributed by atoms with van der Waals surface area (Å²) in [7, 11) is 1.63. The van der Waals surface area contributed by atoms with Crippen LogP contribution >= 0.6 is 0 Å². The normalized spacial score (nSPS) is 13.5. The van der Waals surface area contributed by atoms with E-state index in [9.17, 15) is 14.7 Å². The van der Waals surface area contributed by atoms with E-state index < -0.39 is 23.2 Å². The number of methoxy groups -OCH3 is 1. The monoisotopic (exact) mass is 539 g/mol. The highest BCUT2D eigenvalue weighted by Gasteiger charge is 2.52. The van der Waals surface area contributed by atoms with Gasteiger partial charge in [-0.25, -0.2) is 4.98 Å². The number of amides is 1. The lowest BCUT2D eigenvalue weighted by Gasteiger charge is -2.35. The quantitative estimate of drug-likeness (QED) is 0.211. The number of benzene rings is 2. The summed E-state index contributed by atoms with van der Waals surface area (Å²) in [4.78, 5) is 33.7. The fourth-order valence-electron chi connectivity index (χ4n) is 5.11. The molecule has 0 aliphatic heterocycles. The average molecular weight is 540 g/mol. The number of allylic oxidation sites excluding steroid dienone is 1. The third-order valence-electron chi connectivity index (χ3n) is 7.13. The Morgan fingerprint density at radius 3 is 2.48 bits per heavy atom. The molecule has 0 bridgehead atoms. The minimum absolute atomic E-state index is 0.0503. The van der Waals surface area contributed by atoms with E-state index in [0.29, 0.717) is 24.8 Å². The van der Waals surface area contributed by atoms with Gasteiger partial charge in [0.05, 0.1) is 7.11 Å². The summed E-state index contributed by atoms with van der Waals surface area (Å²) in [5.41, 5.74) is 6.34. The van der Waals surface area contributed by atoms with Gasteiger partial charge in [-0.15, -0.1) is 0 Å². The number of ether oxygens (including phenoxy) is 1. The molecule has 0 saturated carbocycles. The number of nitrogens with zero attached hydrogens (tertiary/aromatic N) is 2. The Bertz CT molecular complexity index is 1420. The number of hydrogen-bond acceptors (Lipinski definition) is 6. The van der Waals surface area contributed by atoms with Crippen molar-refractivity contribution in [3.63, 3.8) is 0 Å². The number of primary amides is 1. The van der Waals surface area contributed by atoms with Gasteiger partial charge < -0.3 is 20.0 Å². The smallest absolute Gasteiger partial charge is 0.323 e. The number of carboxylic acid groups (broad SMARTS) is 1. The molecule has 4 aromatic rings. The van der Waals surface area contributed by atoms with Crippen LogP contribution in [0.3, 0.4) is 0 Å². The largest absolute Gasteiger partial charge is 0.497 e. The first-order chi connectivity index (χ1) is 19.4. The molecule has 4 rings (SSSR count). The number of carbonyl (C=O) groups excluding carboxylic acids is 1. The maximum absolute atomic E-state index is 13.3. The maximum atomic E-state index is 13.3. The first-order valence-electron chi connectivity index (χ1n) is 13.2. The van der Waals surface area contributed by atoms with Crippen molar-refractivity contribution in [2.45, 2.75) is 37.5 Å². The van der Waals surface area contributed by atoms with Gasteiger partial charge in [0.15, 0.2) is 11.1 Å². The van der Waals surface area contributed by atoms with Gasteiger partial charge in [0.1, 0.15) is 12.0 Å². The van der Waals surface area contributed by atoms with Crippen molar-refractivity contribution >= 4 is 18.0 Å². The molecule has 40 heavy (non-hydrogen) atoms. The fraction of sp³-hybridized carbons (Fsp3) is 0.250. The van der Waals surface area contributed by atoms with Gasteiger partial charge in [0, 0.05) is 12.4 Å². The minimum atomic E-state index is -1.63. The van der Waals surface area contributed by atoms with E-state index in [1.807, 2.05) is 54.6 Å². The predicted molar refractivity (Wildman–Crippen MR) is 152 cm³/mol. The number of aliphatic carboxylic acids is 1. The van der Waals surface area contributed by atoms with E-state index in [2.05, 4.69) is 9.97 Å². The summed E-state index contributed by atoms with van der Waals surface area (Å²) in [6.45, 7) is 0. The fourth-order valence-corrected chi connectivity index (χ4v) is 5.11. The number of carbonyl (C=O) groups is 2. The van der Waals surface area contributed by atoms with E-state index in [1.54, 1.807) is 43.8 Å². The van der Waals surface area contributed by atoms with E-state index in [0.717, 1.165) is 36.0 Å². The van der Waals surface area contributed by atoms with E-state index >= 15 is 0 Å². The Labute approximate surface area is 233 Å². The van der Waals surface area contributed by atoms with Crippen LogP contribution in [0, 0.1) is 5.92 Å². The van der Waals surface area contributed by atoms with Gasteiger partial charge in [-0.3, -0.25) is 14.6 Å². The first-order valence-corrected chi connectivity index (χ1v) is 13.2. The molecule has 2 aromatic heterocycles. The Morgan fingerprint density at radius 1 is 1.07 bits per heavy atom. The summed E-state index contributed by atoms with van der Waals surface area (Å²) in [5, 5.41) is 10.9. The van der Waals surface area contributed by atoms with Gasteiger partial charge >= 0.3 is 5.97 Å². The number of pyridine rings is 1. The first kappa shape index (κ1) is 28.3. The lowest BCUT2D eigenvalue weighted by Crippen LogP contribution is -2.45. The zero-order valence-electron chi connectivity index (χ0n) is 22.4. The van der Waals surface area contributed by atoms with Gasteiger partial charge in [0.25, 0.3) is 5.91 Å². The molecule has 0 radical (unpaired) electrons. The van der Waals surface area contributed by atoms with Gasteiger partial charge in [-0.1, -0.05) is 60.7 Å². The topological polar surface area (TPSA) is 129 Å². The predicted octanol–water partition coefficient (Wildman–Crippen LogP) is 5.68. The van der Waals surface area contributed by atoms with Gasteiger partial charge in [-0.05, 0) is 72.9 Å². The number of aryl methyl sites for hydroxylation is 1. The van der Waals surface area contributed by atoms with Gasteiger partial charge in [-0.2, -0.15) is 0 Å². The molecule has 2 atom stereocenters. The molecule has 3 N–H and O–H groups in total. The van der Waals surface area contributed by atoms with Crippen LogP contribution in [-0.4, -0.2) is 34.1 Å². The van der Waals surface area contributed by atoms with Crippen LogP contribution in [0.1, 0.15) is 58.8 Å². The van der Waals surface area contributed by atoms with Crippen molar-refractivity contribution in [2.24, 2.45) is 11.7 Å². The Kier molecular flexibility index (Phi) is 9.46. The SMILES string of the molecule is COc1ccc(CCCC(CCC=Cc2cccnc2)C(C(=O)O)(c2ccccc2)c2nc(C(N)=O)co2)cc1. The molecule has 0 aliphatic carbocycles. The van der Waals surface area contributed by atoms with E-state index in [-0.39, 0.29) is 11.6 Å². The van der Waals surface area contributed by atoms with Crippen LogP contribution in [0.4, 0.5) is 0 Å². The lowest BCUT2D eigenvalue weighted by molar-refractivity contribution is -0.145. The van der Waals surface area contributed by atoms with Crippen molar-refractivity contribution in [3.05, 3.63) is 120 Å². The second kappa shape index (κ2) is 13.4. The molecule has 2 heterocycles. The highest BCUT2D eigenvalue weighted by atomic mass is 16.5. The Hall–Kier alpha value is -4.72. The molecule has 1 amide bonds. The van der Waals surface area contributed by atoms with E-state index in [1.165, 1.54) is 0 Å². The number of aromatic nitrogens is 2. The molecular weight excluding hydrogens is 506 g/mol. The molecule has 8 nitrogen and oxygen atoms in total. The maximum Gasteiger partial charge on any atom is 0.323 e. The number of oxazole rings is 1. The van der Waals surface area contributed by atoms with Crippen molar-refractivity contribution in [2.75, 3.05) is 7.11 Å². The Balaban J connectivity index is 1.69. The molecule has 8 heteroatoms. The lowest BCUT2D eigenvalue weighted by atomic mass is 9.66. The number of rotatable bonds is 14. The van der Waals surface area contributed by atoms with Crippen LogP contribution < -0.4 is 10.5 Å². The Morgan fingerprint density at radius 2 is 1.85 bits per heavy atom. The van der Waals surface area contributed by atoms with Crippen LogP contribution in [0.25, 0.3) is 6.08 Å². The molecule has 0 fully saturated rings. The van der Waals surface area contributed by atoms with Crippen LogP contribution in [0.2, 0.25) is 0 Å². The zero-order chi connectivity index (χ0) is 28.4. The van der Waals surface area contributed by atoms with Crippen molar-refractivity contribution in [3.8, 4) is 5.75 Å². The molecule has 2 unspecified atom stereocenters. The van der Waals surface area contributed by atoms with Crippen molar-refractivity contribution < 1.29 is 23.8 Å². The van der Waals surface area contributed by atoms with Gasteiger partial charge in [0.2, 0.25) is 5.89 Å². The third kappa shape index (κ3) is 6.46. The van der Waals surface area contributed by atoms with Crippen molar-refractivity contribution in [1.82, 2.24) is 9.97 Å². The summed E-state index contributed by atoms with van der Waals surface area (Å²) in [5.74, 6) is -1.56. The third-order valence-corrected chi connectivity index (χ3v) is 7.13. The molecule has 0 spiro atoms.